The van der Waals surface area contributed by atoms with Crippen LogP contribution in [0.5, 0.6) is 17.2 Å². The molecule has 0 amide bonds. The number of para-hydroxylation sites is 1. The first kappa shape index (κ1) is 26.2. The predicted octanol–water partition coefficient (Wildman–Crippen LogP) is 3.52. The lowest BCUT2D eigenvalue weighted by atomic mass is 9.94. The first-order valence-corrected chi connectivity index (χ1v) is 12.8. The summed E-state index contributed by atoms with van der Waals surface area (Å²) in [5.74, 6) is 1.17. The molecule has 0 unspecified atom stereocenters. The highest BCUT2D eigenvalue weighted by Crippen LogP contribution is 2.40. The summed E-state index contributed by atoms with van der Waals surface area (Å²) in [5, 5.41) is 0. The quantitative estimate of drug-likeness (QED) is 0.421. The molecule has 0 saturated carbocycles. The van der Waals surface area contributed by atoms with Gasteiger partial charge in [-0.3, -0.25) is 9.36 Å². The van der Waals surface area contributed by atoms with E-state index in [9.17, 15) is 9.59 Å². The van der Waals surface area contributed by atoms with Gasteiger partial charge in [-0.05, 0) is 57.0 Å². The third-order valence-corrected chi connectivity index (χ3v) is 7.04. The minimum absolute atomic E-state index is 0.193. The molecular weight excluding hydrogens is 492 g/mol. The molecule has 0 N–H and O–H groups in total. The van der Waals surface area contributed by atoms with Crippen LogP contribution in [0, 0.1) is 6.92 Å². The molecule has 0 saturated heterocycles. The lowest BCUT2D eigenvalue weighted by molar-refractivity contribution is -0.139. The number of benzene rings is 2. The molecule has 0 fully saturated rings. The summed E-state index contributed by atoms with van der Waals surface area (Å²) in [7, 11) is 3.17. The number of allylic oxidation sites excluding steroid dienone is 1. The smallest absolute Gasteiger partial charge is 0.338 e. The fourth-order valence-corrected chi connectivity index (χ4v) is 5.42. The van der Waals surface area contributed by atoms with E-state index in [0.29, 0.717) is 38.7 Å². The normalized spacial score (nSPS) is 15.2. The van der Waals surface area contributed by atoms with Crippen molar-refractivity contribution < 1.29 is 23.7 Å². The maximum absolute atomic E-state index is 13.9. The Morgan fingerprint density at radius 2 is 1.84 bits per heavy atom. The molecule has 1 aromatic heterocycles. The topological polar surface area (TPSA) is 88.4 Å². The van der Waals surface area contributed by atoms with E-state index in [4.69, 9.17) is 18.9 Å². The number of methoxy groups -OCH3 is 2. The largest absolute Gasteiger partial charge is 0.496 e. The summed E-state index contributed by atoms with van der Waals surface area (Å²) in [6.45, 7) is 7.89. The van der Waals surface area contributed by atoms with Crippen LogP contribution in [0.3, 0.4) is 0 Å². The van der Waals surface area contributed by atoms with Gasteiger partial charge >= 0.3 is 5.97 Å². The van der Waals surface area contributed by atoms with Crippen LogP contribution in [-0.2, 0) is 9.53 Å². The number of aryl methyl sites for hydroxylation is 1. The van der Waals surface area contributed by atoms with Crippen LogP contribution in [0.4, 0.5) is 0 Å². The van der Waals surface area contributed by atoms with Crippen molar-refractivity contribution in [3.63, 3.8) is 0 Å². The average molecular weight is 523 g/mol. The molecular formula is C28H30N2O6S. The van der Waals surface area contributed by atoms with Crippen molar-refractivity contribution in [1.82, 2.24) is 4.57 Å². The average Bonchev–Trinajstić information content (AvgIpc) is 3.18. The van der Waals surface area contributed by atoms with Crippen molar-refractivity contribution in [3.05, 3.63) is 84.0 Å². The Kier molecular flexibility index (Phi) is 7.83. The second kappa shape index (κ2) is 11.0. The van der Waals surface area contributed by atoms with E-state index in [-0.39, 0.29) is 17.7 Å². The number of ether oxygens (including phenoxy) is 4. The van der Waals surface area contributed by atoms with E-state index in [2.05, 4.69) is 4.99 Å². The highest BCUT2D eigenvalue weighted by molar-refractivity contribution is 7.07. The van der Waals surface area contributed by atoms with E-state index in [1.54, 1.807) is 44.8 Å². The van der Waals surface area contributed by atoms with E-state index >= 15 is 0 Å². The lowest BCUT2D eigenvalue weighted by Crippen LogP contribution is -2.40. The zero-order valence-corrected chi connectivity index (χ0v) is 22.6. The van der Waals surface area contributed by atoms with Gasteiger partial charge in [0.1, 0.15) is 11.8 Å². The number of nitrogens with zero attached hydrogens (tertiary/aromatic N) is 2. The van der Waals surface area contributed by atoms with Gasteiger partial charge < -0.3 is 18.9 Å². The molecule has 3 aromatic rings. The Labute approximate surface area is 219 Å². The number of fused-ring (bicyclic) bond motifs is 1. The standard InChI is InChI=1S/C28H30N2O6S/c1-7-35-25-19(10-9-11-20(25)33-5)24-23(27(32)36-8-2)17(4)29-28-30(24)26(31)22(37-28)15-18-13-12-16(3)21(14-18)34-6/h9-15,24H,7-8H2,1-6H3/b22-15+/t24-/m1/s1. The van der Waals surface area contributed by atoms with Crippen molar-refractivity contribution in [1.29, 1.82) is 0 Å². The minimum Gasteiger partial charge on any atom is -0.496 e. The number of carbonyl (C=O) groups excluding carboxylic acids is 1. The molecule has 9 heteroatoms. The van der Waals surface area contributed by atoms with Gasteiger partial charge in [0.25, 0.3) is 5.56 Å². The highest BCUT2D eigenvalue weighted by Gasteiger charge is 2.35. The highest BCUT2D eigenvalue weighted by atomic mass is 32.1. The molecule has 0 bridgehead atoms. The molecule has 8 nitrogen and oxygen atoms in total. The molecule has 4 rings (SSSR count). The Balaban J connectivity index is 2.01. The van der Waals surface area contributed by atoms with Gasteiger partial charge in [0.2, 0.25) is 0 Å². The molecule has 0 spiro atoms. The van der Waals surface area contributed by atoms with Crippen LogP contribution >= 0.6 is 11.3 Å². The Morgan fingerprint density at radius 1 is 1.08 bits per heavy atom. The van der Waals surface area contributed by atoms with Gasteiger partial charge in [0, 0.05) is 5.56 Å². The fourth-order valence-electron chi connectivity index (χ4n) is 4.37. The summed E-state index contributed by atoms with van der Waals surface area (Å²) in [4.78, 5) is 32.2. The molecule has 0 radical (unpaired) electrons. The zero-order chi connectivity index (χ0) is 26.7. The van der Waals surface area contributed by atoms with E-state index in [0.717, 1.165) is 16.9 Å². The van der Waals surface area contributed by atoms with Gasteiger partial charge in [0.15, 0.2) is 16.3 Å². The van der Waals surface area contributed by atoms with E-state index < -0.39 is 12.0 Å². The van der Waals surface area contributed by atoms with Gasteiger partial charge in [-0.2, -0.15) is 0 Å². The van der Waals surface area contributed by atoms with Crippen LogP contribution in [0.1, 0.15) is 43.5 Å². The summed E-state index contributed by atoms with van der Waals surface area (Å²) in [6.07, 6.45) is 1.81. The monoisotopic (exact) mass is 522 g/mol. The van der Waals surface area contributed by atoms with Crippen molar-refractivity contribution in [2.24, 2.45) is 4.99 Å². The lowest BCUT2D eigenvalue weighted by Gasteiger charge is -2.26. The zero-order valence-electron chi connectivity index (χ0n) is 21.8. The molecule has 1 aliphatic heterocycles. The first-order valence-electron chi connectivity index (χ1n) is 12.0. The number of carbonyl (C=O) groups is 1. The third-order valence-electron chi connectivity index (χ3n) is 6.06. The van der Waals surface area contributed by atoms with Crippen LogP contribution in [0.2, 0.25) is 0 Å². The number of rotatable bonds is 8. The molecule has 1 atom stereocenters. The Bertz CT molecular complexity index is 1550. The maximum Gasteiger partial charge on any atom is 0.338 e. The minimum atomic E-state index is -0.804. The molecule has 194 valence electrons. The van der Waals surface area contributed by atoms with Crippen LogP contribution in [-0.4, -0.2) is 38.0 Å². The number of hydrogen-bond donors (Lipinski definition) is 0. The molecule has 0 aliphatic carbocycles. The van der Waals surface area contributed by atoms with Gasteiger partial charge in [-0.15, -0.1) is 0 Å². The van der Waals surface area contributed by atoms with E-state index in [1.165, 1.54) is 11.3 Å². The first-order chi connectivity index (χ1) is 17.8. The molecule has 2 heterocycles. The summed E-state index contributed by atoms with van der Waals surface area (Å²) in [5.41, 5.74) is 2.93. The molecule has 37 heavy (non-hydrogen) atoms. The fraction of sp³-hybridized carbons (Fsp3) is 0.321. The van der Waals surface area contributed by atoms with Gasteiger partial charge in [0.05, 0.1) is 43.2 Å². The maximum atomic E-state index is 13.9. The third kappa shape index (κ3) is 4.91. The van der Waals surface area contributed by atoms with Crippen molar-refractivity contribution in [2.75, 3.05) is 27.4 Å². The predicted molar refractivity (Wildman–Crippen MR) is 142 cm³/mol. The summed E-state index contributed by atoms with van der Waals surface area (Å²) >= 11 is 1.26. The number of aromatic nitrogens is 1. The summed E-state index contributed by atoms with van der Waals surface area (Å²) < 4.78 is 24.4. The van der Waals surface area contributed by atoms with Crippen molar-refractivity contribution >= 4 is 23.4 Å². The number of hydrogen-bond acceptors (Lipinski definition) is 8. The van der Waals surface area contributed by atoms with E-state index in [1.807, 2.05) is 44.2 Å². The molecule has 1 aliphatic rings. The Morgan fingerprint density at radius 3 is 2.51 bits per heavy atom. The summed E-state index contributed by atoms with van der Waals surface area (Å²) in [6, 6.07) is 10.4. The van der Waals surface area contributed by atoms with Crippen molar-refractivity contribution in [3.8, 4) is 17.2 Å². The van der Waals surface area contributed by atoms with Crippen LogP contribution in [0.25, 0.3) is 6.08 Å². The number of esters is 1. The van der Waals surface area contributed by atoms with Crippen molar-refractivity contribution in [2.45, 2.75) is 33.7 Å². The SMILES string of the molecule is CCOC(=O)C1=C(C)N=c2s/c(=C/c3ccc(C)c(OC)c3)c(=O)n2[C@@H]1c1cccc(OC)c1OCC. The van der Waals surface area contributed by atoms with Gasteiger partial charge in [-0.1, -0.05) is 35.6 Å². The molecule has 2 aromatic carbocycles. The second-order valence-corrected chi connectivity index (χ2v) is 9.35. The Hall–Kier alpha value is -3.85. The van der Waals surface area contributed by atoms with Crippen LogP contribution < -0.4 is 29.1 Å². The second-order valence-electron chi connectivity index (χ2n) is 8.34. The van der Waals surface area contributed by atoms with Gasteiger partial charge in [-0.25, -0.2) is 9.79 Å². The number of thiazole rings is 1. The van der Waals surface area contributed by atoms with Crippen LogP contribution in [0.15, 0.2) is 57.5 Å².